The van der Waals surface area contributed by atoms with Gasteiger partial charge in [-0.2, -0.15) is 13.2 Å². The molecule has 59 heavy (non-hydrogen) atoms. The topological polar surface area (TPSA) is 69.6 Å². The number of aliphatic hydroxyl groups excluding tert-OH is 1. The first-order valence-corrected chi connectivity index (χ1v) is 19.7. The van der Waals surface area contributed by atoms with Crippen LogP contribution >= 0.6 is 0 Å². The van der Waals surface area contributed by atoms with Crippen LogP contribution in [0.2, 0.25) is 0 Å². The molecule has 1 N–H and O–H groups in total. The molecule has 6 aromatic carbocycles. The van der Waals surface area contributed by atoms with Crippen LogP contribution in [-0.2, 0) is 21.9 Å². The summed E-state index contributed by atoms with van der Waals surface area (Å²) in [6, 6.07) is 31.5. The summed E-state index contributed by atoms with van der Waals surface area (Å²) in [4.78, 5) is 2.31. The molecule has 10 heteroatoms. The fraction of sp³-hybridized carbons (Fsp3) is 0.265. The molecule has 0 aromatic heterocycles. The van der Waals surface area contributed by atoms with Crippen molar-refractivity contribution in [2.75, 3.05) is 58.6 Å². The van der Waals surface area contributed by atoms with Crippen molar-refractivity contribution in [1.82, 2.24) is 0 Å². The van der Waals surface area contributed by atoms with Gasteiger partial charge in [-0.1, -0.05) is 74.5 Å². The number of hydrogen-bond donors (Lipinski definition) is 1. The van der Waals surface area contributed by atoms with Gasteiger partial charge in [0, 0.05) is 46.3 Å². The number of aliphatic hydroxyl groups is 1. The van der Waals surface area contributed by atoms with Gasteiger partial charge in [0.25, 0.3) is 0 Å². The highest BCUT2D eigenvalue weighted by Crippen LogP contribution is 2.60. The molecule has 302 valence electrons. The first-order chi connectivity index (χ1) is 28.5. The lowest BCUT2D eigenvalue weighted by molar-refractivity contribution is -0.137. The van der Waals surface area contributed by atoms with E-state index < -0.39 is 22.8 Å². The molecule has 1 saturated heterocycles. The highest BCUT2D eigenvalue weighted by Gasteiger charge is 2.45. The number of ether oxygens (including phenoxy) is 5. The van der Waals surface area contributed by atoms with E-state index in [9.17, 15) is 18.3 Å². The zero-order chi connectivity index (χ0) is 41.1. The van der Waals surface area contributed by atoms with E-state index >= 15 is 0 Å². The summed E-state index contributed by atoms with van der Waals surface area (Å²) in [5.41, 5.74) is 5.76. The van der Waals surface area contributed by atoms with E-state index in [1.54, 1.807) is 26.4 Å². The van der Waals surface area contributed by atoms with Crippen LogP contribution in [0.15, 0.2) is 109 Å². The van der Waals surface area contributed by atoms with Gasteiger partial charge >= 0.3 is 6.18 Å². The Morgan fingerprint density at radius 2 is 1.44 bits per heavy atom. The van der Waals surface area contributed by atoms with Gasteiger partial charge in [0.05, 0.1) is 39.6 Å². The Bertz CT molecular complexity index is 2590. The first-order valence-electron chi connectivity index (χ1n) is 19.7. The standard InChI is InChI=1S/C49H44F3NO6/c1-47(2)41-27-30(35-7-5-6-8-40(35)49(50,51)52)9-18-36(41)44-38-28-42(55-3)43(56-4)29-39(38)46-37(45(44)47)19-20-48(59-46,32-12-16-34(17-13-32)58-26-23-54)31-10-14-33(15-11-31)53-21-24-57-25-22-53/h5-20,27-29,54H,21-26H2,1-4H3. The molecule has 6 aromatic rings. The van der Waals surface area contributed by atoms with Gasteiger partial charge < -0.3 is 33.7 Å². The van der Waals surface area contributed by atoms with Gasteiger partial charge in [-0.3, -0.25) is 0 Å². The molecule has 0 amide bonds. The molecular formula is C49H44F3NO6. The highest BCUT2D eigenvalue weighted by molar-refractivity contribution is 6.10. The SMILES string of the molecule is COc1cc2c3c(c4c(c2cc1OC)-c1ccc(-c2ccccc2C(F)(F)F)cc1C4(C)C)C=CC(c1ccc(OCCO)cc1)(c1ccc(N2CCOCC2)cc1)O3. The minimum Gasteiger partial charge on any atom is -0.493 e. The van der Waals surface area contributed by atoms with Crippen molar-refractivity contribution >= 4 is 22.5 Å². The summed E-state index contributed by atoms with van der Waals surface area (Å²) in [6.07, 6.45) is -0.282. The smallest absolute Gasteiger partial charge is 0.417 e. The average molecular weight is 800 g/mol. The van der Waals surface area contributed by atoms with Gasteiger partial charge in [0.15, 0.2) is 17.1 Å². The monoisotopic (exact) mass is 799 g/mol. The molecule has 9 rings (SSSR count). The van der Waals surface area contributed by atoms with Crippen LogP contribution in [0.5, 0.6) is 23.0 Å². The van der Waals surface area contributed by atoms with Gasteiger partial charge in [-0.15, -0.1) is 0 Å². The Labute approximate surface area is 341 Å². The third kappa shape index (κ3) is 6.37. The molecule has 0 radical (unpaired) electrons. The summed E-state index contributed by atoms with van der Waals surface area (Å²) in [5, 5.41) is 11.1. The van der Waals surface area contributed by atoms with Crippen LogP contribution in [0.1, 0.15) is 47.2 Å². The fourth-order valence-electron chi connectivity index (χ4n) is 9.14. The Morgan fingerprint density at radius 1 is 0.780 bits per heavy atom. The number of fused-ring (bicyclic) bond motifs is 8. The number of rotatable bonds is 9. The zero-order valence-electron chi connectivity index (χ0n) is 33.3. The van der Waals surface area contributed by atoms with Crippen molar-refractivity contribution in [2.45, 2.75) is 31.0 Å². The van der Waals surface area contributed by atoms with Crippen LogP contribution in [0.3, 0.4) is 0 Å². The molecule has 1 atom stereocenters. The maximum Gasteiger partial charge on any atom is 0.417 e. The average Bonchev–Trinajstić information content (AvgIpc) is 3.51. The predicted octanol–water partition coefficient (Wildman–Crippen LogP) is 10.4. The summed E-state index contributed by atoms with van der Waals surface area (Å²) >= 11 is 0. The van der Waals surface area contributed by atoms with E-state index in [4.69, 9.17) is 23.7 Å². The maximum atomic E-state index is 14.3. The van der Waals surface area contributed by atoms with E-state index in [1.165, 1.54) is 12.1 Å². The van der Waals surface area contributed by atoms with E-state index in [0.717, 1.165) is 74.6 Å². The number of benzene rings is 6. The number of nitrogens with zero attached hydrogens (tertiary/aromatic N) is 1. The zero-order valence-corrected chi connectivity index (χ0v) is 33.3. The number of halogens is 3. The van der Waals surface area contributed by atoms with E-state index in [2.05, 4.69) is 55.2 Å². The minimum absolute atomic E-state index is 0.0994. The normalized spacial score (nSPS) is 17.9. The van der Waals surface area contributed by atoms with Gasteiger partial charge in [-0.05, 0) is 93.4 Å². The number of alkyl halides is 3. The second kappa shape index (κ2) is 14.7. The molecule has 1 fully saturated rings. The highest BCUT2D eigenvalue weighted by atomic mass is 19.4. The Kier molecular flexibility index (Phi) is 9.60. The van der Waals surface area contributed by atoms with E-state index in [-0.39, 0.29) is 18.8 Å². The Hall–Kier alpha value is -5.97. The number of hydrogen-bond acceptors (Lipinski definition) is 7. The minimum atomic E-state index is -4.51. The lowest BCUT2D eigenvalue weighted by atomic mass is 9.76. The third-order valence-corrected chi connectivity index (χ3v) is 12.0. The lowest BCUT2D eigenvalue weighted by Crippen LogP contribution is -2.37. The molecule has 3 aliphatic rings. The molecule has 1 unspecified atom stereocenters. The van der Waals surface area contributed by atoms with Crippen molar-refractivity contribution in [3.63, 3.8) is 0 Å². The molecule has 1 aliphatic carbocycles. The third-order valence-electron chi connectivity index (χ3n) is 12.0. The second-order valence-electron chi connectivity index (χ2n) is 15.6. The van der Waals surface area contributed by atoms with Crippen molar-refractivity contribution < 1.29 is 42.0 Å². The molecule has 0 saturated carbocycles. The number of anilines is 1. The fourth-order valence-corrected chi connectivity index (χ4v) is 9.14. The molecule has 0 spiro atoms. The van der Waals surface area contributed by atoms with Crippen molar-refractivity contribution in [1.29, 1.82) is 0 Å². The summed E-state index contributed by atoms with van der Waals surface area (Å²) in [7, 11) is 3.20. The van der Waals surface area contributed by atoms with Gasteiger partial charge in [0.2, 0.25) is 0 Å². The maximum absolute atomic E-state index is 14.3. The quantitative estimate of drug-likeness (QED) is 0.156. The van der Waals surface area contributed by atoms with Crippen LogP contribution in [0, 0.1) is 0 Å². The van der Waals surface area contributed by atoms with Crippen LogP contribution in [-0.4, -0.2) is 58.8 Å². The first kappa shape index (κ1) is 38.5. The Morgan fingerprint density at radius 3 is 2.10 bits per heavy atom. The van der Waals surface area contributed by atoms with Crippen LogP contribution in [0.4, 0.5) is 18.9 Å². The number of methoxy groups -OCH3 is 2. The van der Waals surface area contributed by atoms with Gasteiger partial charge in [0.1, 0.15) is 18.1 Å². The largest absolute Gasteiger partial charge is 0.493 e. The van der Waals surface area contributed by atoms with E-state index in [1.807, 2.05) is 48.5 Å². The molecule has 7 nitrogen and oxygen atoms in total. The van der Waals surface area contributed by atoms with E-state index in [0.29, 0.717) is 41.8 Å². The number of morpholine rings is 1. The second-order valence-corrected chi connectivity index (χ2v) is 15.6. The molecule has 2 aliphatic heterocycles. The van der Waals surface area contributed by atoms with Crippen molar-refractivity contribution in [3.05, 3.63) is 143 Å². The lowest BCUT2D eigenvalue weighted by Gasteiger charge is -2.39. The van der Waals surface area contributed by atoms with Crippen molar-refractivity contribution in [2.24, 2.45) is 0 Å². The summed E-state index contributed by atoms with van der Waals surface area (Å²) < 4.78 is 73.5. The van der Waals surface area contributed by atoms with Crippen molar-refractivity contribution in [3.8, 4) is 45.3 Å². The Balaban J connectivity index is 1.26. The van der Waals surface area contributed by atoms with Crippen LogP contribution < -0.4 is 23.8 Å². The van der Waals surface area contributed by atoms with Crippen LogP contribution in [0.25, 0.3) is 39.1 Å². The predicted molar refractivity (Wildman–Crippen MR) is 224 cm³/mol. The molecular weight excluding hydrogens is 756 g/mol. The molecule has 0 bridgehead atoms. The summed E-state index contributed by atoms with van der Waals surface area (Å²) in [6.45, 7) is 7.28. The summed E-state index contributed by atoms with van der Waals surface area (Å²) in [5.74, 6) is 2.34. The molecule has 2 heterocycles. The van der Waals surface area contributed by atoms with Gasteiger partial charge in [-0.25, -0.2) is 0 Å².